The molecule has 1 aliphatic heterocycles. The van der Waals surface area contributed by atoms with Gasteiger partial charge in [-0.2, -0.15) is 0 Å². The molecule has 0 bridgehead atoms. The van der Waals surface area contributed by atoms with Crippen molar-refractivity contribution in [2.75, 3.05) is 6.54 Å². The Balaban J connectivity index is 1.84. The minimum absolute atomic E-state index is 0.198. The lowest BCUT2D eigenvalue weighted by molar-refractivity contribution is -0.139. The monoisotopic (exact) mass is 248 g/mol. The zero-order chi connectivity index (χ0) is 12.7. The summed E-state index contributed by atoms with van der Waals surface area (Å²) in [7, 11) is 0. The van der Waals surface area contributed by atoms with E-state index in [1.807, 2.05) is 13.8 Å². The molecule has 2 fully saturated rings. The number of hydrogen-bond acceptors (Lipinski definition) is 3. The summed E-state index contributed by atoms with van der Waals surface area (Å²) in [5.74, 6) is 1.50. The second-order valence-corrected chi connectivity index (χ2v) is 5.56. The first-order valence-electron chi connectivity index (χ1n) is 6.91. The zero-order valence-corrected chi connectivity index (χ0v) is 11.1. The molecule has 1 saturated carbocycles. The van der Waals surface area contributed by atoms with Crippen LogP contribution in [0.15, 0.2) is 4.52 Å². The average molecular weight is 248 g/mol. The maximum Gasteiger partial charge on any atom is 0.226 e. The first kappa shape index (κ1) is 11.8. The number of rotatable bonds is 2. The van der Waals surface area contributed by atoms with Crippen molar-refractivity contribution in [3.8, 4) is 0 Å². The molecule has 1 aromatic heterocycles. The summed E-state index contributed by atoms with van der Waals surface area (Å²) in [6, 6.07) is 0.198. The van der Waals surface area contributed by atoms with Crippen molar-refractivity contribution in [2.45, 2.75) is 52.0 Å². The molecule has 0 spiro atoms. The Morgan fingerprint density at radius 3 is 2.61 bits per heavy atom. The molecule has 3 rings (SSSR count). The van der Waals surface area contributed by atoms with Crippen LogP contribution in [0.25, 0.3) is 0 Å². The van der Waals surface area contributed by atoms with Crippen LogP contribution in [-0.2, 0) is 4.79 Å². The van der Waals surface area contributed by atoms with Crippen molar-refractivity contribution < 1.29 is 9.32 Å². The van der Waals surface area contributed by atoms with E-state index in [0.29, 0.717) is 5.91 Å². The molecular weight excluding hydrogens is 228 g/mol. The molecule has 1 amide bonds. The van der Waals surface area contributed by atoms with Gasteiger partial charge in [0.25, 0.3) is 0 Å². The molecule has 4 nitrogen and oxygen atoms in total. The third kappa shape index (κ3) is 1.74. The van der Waals surface area contributed by atoms with Gasteiger partial charge in [-0.15, -0.1) is 0 Å². The molecule has 1 aromatic rings. The van der Waals surface area contributed by atoms with Gasteiger partial charge < -0.3 is 9.42 Å². The third-order valence-corrected chi connectivity index (χ3v) is 4.41. The van der Waals surface area contributed by atoms with Crippen LogP contribution < -0.4 is 0 Å². The Morgan fingerprint density at radius 1 is 1.28 bits per heavy atom. The molecule has 4 heteroatoms. The molecule has 1 atom stereocenters. The van der Waals surface area contributed by atoms with Gasteiger partial charge >= 0.3 is 0 Å². The number of nitrogens with zero attached hydrogens (tertiary/aromatic N) is 2. The van der Waals surface area contributed by atoms with Gasteiger partial charge in [0.2, 0.25) is 5.91 Å². The summed E-state index contributed by atoms with van der Waals surface area (Å²) < 4.78 is 5.25. The highest BCUT2D eigenvalue weighted by atomic mass is 16.5. The van der Waals surface area contributed by atoms with E-state index >= 15 is 0 Å². The fraction of sp³-hybridized carbons (Fsp3) is 0.714. The Bertz CT molecular complexity index is 443. The smallest absolute Gasteiger partial charge is 0.226 e. The van der Waals surface area contributed by atoms with Crippen molar-refractivity contribution >= 4 is 5.91 Å². The lowest BCUT2D eigenvalue weighted by Gasteiger charge is -2.32. The van der Waals surface area contributed by atoms with Gasteiger partial charge in [0.1, 0.15) is 5.76 Å². The SMILES string of the molecule is Cc1noc(C)c1[C@H]1CCCN1C(=O)C1CCC1. The molecular formula is C14H20N2O2. The molecule has 2 aliphatic rings. The predicted octanol–water partition coefficient (Wildman–Crippen LogP) is 2.76. The summed E-state index contributed by atoms with van der Waals surface area (Å²) >= 11 is 0. The van der Waals surface area contributed by atoms with Gasteiger partial charge in [0.15, 0.2) is 0 Å². The number of amides is 1. The van der Waals surface area contributed by atoms with Crippen molar-refractivity contribution in [1.82, 2.24) is 10.1 Å². The molecule has 1 aliphatic carbocycles. The standard InChI is InChI=1S/C14H20N2O2/c1-9-13(10(2)18-15-9)12-7-4-8-16(12)14(17)11-5-3-6-11/h11-12H,3-8H2,1-2H3/t12-/m1/s1. The fourth-order valence-corrected chi connectivity index (χ4v) is 3.19. The maximum atomic E-state index is 12.4. The van der Waals surface area contributed by atoms with Crippen LogP contribution >= 0.6 is 0 Å². The number of carbonyl (C=O) groups is 1. The number of aryl methyl sites for hydroxylation is 2. The average Bonchev–Trinajstić information content (AvgIpc) is 2.83. The zero-order valence-electron chi connectivity index (χ0n) is 11.1. The number of aromatic nitrogens is 1. The van der Waals surface area contributed by atoms with Gasteiger partial charge in [-0.3, -0.25) is 4.79 Å². The summed E-state index contributed by atoms with van der Waals surface area (Å²) in [5, 5.41) is 4.02. The first-order valence-corrected chi connectivity index (χ1v) is 6.91. The Kier molecular flexibility index (Phi) is 2.88. The van der Waals surface area contributed by atoms with Crippen LogP contribution in [0.3, 0.4) is 0 Å². The highest BCUT2D eigenvalue weighted by Crippen LogP contribution is 2.39. The van der Waals surface area contributed by atoms with Crippen LogP contribution in [0.1, 0.15) is 55.2 Å². The molecule has 18 heavy (non-hydrogen) atoms. The molecule has 98 valence electrons. The van der Waals surface area contributed by atoms with Gasteiger partial charge in [0, 0.05) is 18.0 Å². The summed E-state index contributed by atoms with van der Waals surface area (Å²) in [4.78, 5) is 14.5. The van der Waals surface area contributed by atoms with Crippen LogP contribution in [0.4, 0.5) is 0 Å². The second-order valence-electron chi connectivity index (χ2n) is 5.56. The number of likely N-dealkylation sites (tertiary alicyclic amines) is 1. The Morgan fingerprint density at radius 2 is 2.06 bits per heavy atom. The quantitative estimate of drug-likeness (QED) is 0.808. The highest BCUT2D eigenvalue weighted by Gasteiger charge is 2.38. The fourth-order valence-electron chi connectivity index (χ4n) is 3.19. The van der Waals surface area contributed by atoms with Crippen molar-refractivity contribution in [2.24, 2.45) is 5.92 Å². The van der Waals surface area contributed by atoms with Gasteiger partial charge in [0.05, 0.1) is 11.7 Å². The minimum Gasteiger partial charge on any atom is -0.361 e. The Labute approximate surface area is 107 Å². The summed E-state index contributed by atoms with van der Waals surface area (Å²) in [5.41, 5.74) is 2.07. The third-order valence-electron chi connectivity index (χ3n) is 4.41. The lowest BCUT2D eigenvalue weighted by atomic mass is 9.84. The van der Waals surface area contributed by atoms with Crippen LogP contribution in [0.2, 0.25) is 0 Å². The maximum absolute atomic E-state index is 12.4. The van der Waals surface area contributed by atoms with Crippen molar-refractivity contribution in [1.29, 1.82) is 0 Å². The predicted molar refractivity (Wildman–Crippen MR) is 67.0 cm³/mol. The summed E-state index contributed by atoms with van der Waals surface area (Å²) in [6.07, 6.45) is 5.49. The molecule has 2 heterocycles. The van der Waals surface area contributed by atoms with E-state index in [1.165, 1.54) is 6.42 Å². The van der Waals surface area contributed by atoms with Crippen molar-refractivity contribution in [3.05, 3.63) is 17.0 Å². The topological polar surface area (TPSA) is 46.3 Å². The lowest BCUT2D eigenvalue weighted by Crippen LogP contribution is -2.38. The van der Waals surface area contributed by atoms with E-state index in [-0.39, 0.29) is 12.0 Å². The van der Waals surface area contributed by atoms with E-state index in [0.717, 1.165) is 49.2 Å². The molecule has 1 saturated heterocycles. The van der Waals surface area contributed by atoms with Gasteiger partial charge in [-0.05, 0) is 39.5 Å². The molecule has 0 unspecified atom stereocenters. The number of carbonyl (C=O) groups excluding carboxylic acids is 1. The number of hydrogen-bond donors (Lipinski definition) is 0. The largest absolute Gasteiger partial charge is 0.361 e. The molecule has 0 N–H and O–H groups in total. The normalized spacial score (nSPS) is 24.3. The van der Waals surface area contributed by atoms with E-state index in [1.54, 1.807) is 0 Å². The van der Waals surface area contributed by atoms with Crippen LogP contribution in [0.5, 0.6) is 0 Å². The van der Waals surface area contributed by atoms with E-state index < -0.39 is 0 Å². The minimum atomic E-state index is 0.198. The first-order chi connectivity index (χ1) is 8.68. The second kappa shape index (κ2) is 4.41. The van der Waals surface area contributed by atoms with E-state index in [2.05, 4.69) is 10.1 Å². The van der Waals surface area contributed by atoms with E-state index in [9.17, 15) is 4.79 Å². The van der Waals surface area contributed by atoms with Gasteiger partial charge in [-0.1, -0.05) is 11.6 Å². The Hall–Kier alpha value is -1.32. The molecule has 0 radical (unpaired) electrons. The van der Waals surface area contributed by atoms with Crippen LogP contribution in [0, 0.1) is 19.8 Å². The van der Waals surface area contributed by atoms with Crippen molar-refractivity contribution in [3.63, 3.8) is 0 Å². The van der Waals surface area contributed by atoms with Gasteiger partial charge in [-0.25, -0.2) is 0 Å². The summed E-state index contributed by atoms with van der Waals surface area (Å²) in [6.45, 7) is 4.81. The highest BCUT2D eigenvalue weighted by molar-refractivity contribution is 5.80. The molecule has 0 aromatic carbocycles. The van der Waals surface area contributed by atoms with E-state index in [4.69, 9.17) is 4.52 Å². The van der Waals surface area contributed by atoms with Crippen LogP contribution in [-0.4, -0.2) is 22.5 Å².